The molecule has 19 heavy (non-hydrogen) atoms. The number of aromatic nitrogens is 2. The lowest BCUT2D eigenvalue weighted by Crippen LogP contribution is -2.12. The summed E-state index contributed by atoms with van der Waals surface area (Å²) in [4.78, 5) is 17.5. The molecule has 0 aliphatic heterocycles. The quantitative estimate of drug-likeness (QED) is 0.629. The average molecular weight is 258 g/mol. The van der Waals surface area contributed by atoms with Crippen LogP contribution in [0.1, 0.15) is 16.1 Å². The van der Waals surface area contributed by atoms with Crippen LogP contribution < -0.4 is 5.73 Å². The maximum Gasteiger partial charge on any atom is 0.269 e. The van der Waals surface area contributed by atoms with Crippen LogP contribution in [0.25, 0.3) is 0 Å². The molecule has 0 fully saturated rings. The Hall–Kier alpha value is -2.70. The lowest BCUT2D eigenvalue weighted by Gasteiger charge is -2.10. The highest BCUT2D eigenvalue weighted by atomic mass is 16.1. The number of rotatable bonds is 5. The van der Waals surface area contributed by atoms with Gasteiger partial charge < -0.3 is 10.7 Å². The van der Waals surface area contributed by atoms with Crippen molar-refractivity contribution in [2.75, 3.05) is 7.05 Å². The first kappa shape index (κ1) is 12.7. The maximum atomic E-state index is 11.1. The van der Waals surface area contributed by atoms with Gasteiger partial charge in [-0.05, 0) is 5.56 Å². The van der Waals surface area contributed by atoms with Crippen molar-refractivity contribution in [2.45, 2.75) is 6.54 Å². The van der Waals surface area contributed by atoms with Crippen molar-refractivity contribution < 1.29 is 4.79 Å². The Bertz CT molecular complexity index is 577. The van der Waals surface area contributed by atoms with Gasteiger partial charge in [0, 0.05) is 7.05 Å². The zero-order valence-corrected chi connectivity index (χ0v) is 10.4. The number of imidazole rings is 1. The highest BCUT2D eigenvalue weighted by Crippen LogP contribution is 2.14. The third-order valence-corrected chi connectivity index (χ3v) is 2.41. The molecule has 3 N–H and O–H groups in total. The molecule has 0 aliphatic carbocycles. The largest absolute Gasteiger partial charge is 0.364 e. The van der Waals surface area contributed by atoms with Gasteiger partial charge in [0.1, 0.15) is 0 Å². The minimum atomic E-state index is -0.614. The van der Waals surface area contributed by atoms with Gasteiger partial charge in [-0.1, -0.05) is 35.6 Å². The normalized spacial score (nSPS) is 10.8. The SMILES string of the molecule is CN(Cc1ccccc1)/N=N/c1nc[nH]c1C(N)=O. The van der Waals surface area contributed by atoms with Crippen LogP contribution in [0.5, 0.6) is 0 Å². The predicted octanol–water partition coefficient (Wildman–Crippen LogP) is 1.64. The Kier molecular flexibility index (Phi) is 3.87. The van der Waals surface area contributed by atoms with Gasteiger partial charge in [0.15, 0.2) is 5.69 Å². The van der Waals surface area contributed by atoms with Crippen molar-refractivity contribution in [3.8, 4) is 0 Å². The number of benzene rings is 1. The molecule has 98 valence electrons. The van der Waals surface area contributed by atoms with E-state index in [0.29, 0.717) is 6.54 Å². The molecule has 0 unspecified atom stereocenters. The second-order valence-corrected chi connectivity index (χ2v) is 3.96. The predicted molar refractivity (Wildman–Crippen MR) is 69.5 cm³/mol. The number of carbonyl (C=O) groups is 1. The van der Waals surface area contributed by atoms with Crippen molar-refractivity contribution >= 4 is 11.7 Å². The van der Waals surface area contributed by atoms with Crippen LogP contribution in [0.15, 0.2) is 47.0 Å². The molecule has 7 nitrogen and oxygen atoms in total. The monoisotopic (exact) mass is 258 g/mol. The number of hydrogen-bond acceptors (Lipinski definition) is 4. The summed E-state index contributed by atoms with van der Waals surface area (Å²) in [5.74, 6) is -0.426. The van der Waals surface area contributed by atoms with E-state index in [4.69, 9.17) is 5.73 Å². The van der Waals surface area contributed by atoms with Crippen molar-refractivity contribution in [1.29, 1.82) is 0 Å². The number of hydrogen-bond donors (Lipinski definition) is 2. The molecule has 0 saturated heterocycles. The molecule has 1 aromatic heterocycles. The number of nitrogens with two attached hydrogens (primary N) is 1. The zero-order chi connectivity index (χ0) is 13.7. The van der Waals surface area contributed by atoms with Gasteiger partial charge in [-0.2, -0.15) is 0 Å². The van der Waals surface area contributed by atoms with Crippen LogP contribution >= 0.6 is 0 Å². The van der Waals surface area contributed by atoms with E-state index in [2.05, 4.69) is 20.3 Å². The van der Waals surface area contributed by atoms with Crippen molar-refractivity contribution in [1.82, 2.24) is 15.0 Å². The zero-order valence-electron chi connectivity index (χ0n) is 10.4. The summed E-state index contributed by atoms with van der Waals surface area (Å²) in [6.45, 7) is 0.612. The topological polar surface area (TPSA) is 99.7 Å². The van der Waals surface area contributed by atoms with Gasteiger partial charge >= 0.3 is 0 Å². The average Bonchev–Trinajstić information content (AvgIpc) is 2.86. The van der Waals surface area contributed by atoms with Crippen LogP contribution in [-0.4, -0.2) is 27.9 Å². The van der Waals surface area contributed by atoms with Crippen LogP contribution in [0, 0.1) is 0 Å². The molecule has 1 heterocycles. The Morgan fingerprint density at radius 2 is 2.16 bits per heavy atom. The lowest BCUT2D eigenvalue weighted by atomic mass is 10.2. The summed E-state index contributed by atoms with van der Waals surface area (Å²) in [7, 11) is 1.78. The molecular formula is C12H14N6O. The summed E-state index contributed by atoms with van der Waals surface area (Å²) in [6.07, 6.45) is 1.35. The van der Waals surface area contributed by atoms with Crippen LogP contribution in [0.3, 0.4) is 0 Å². The van der Waals surface area contributed by atoms with E-state index in [1.165, 1.54) is 6.33 Å². The Balaban J connectivity index is 2.02. The van der Waals surface area contributed by atoms with Gasteiger partial charge in [-0.15, -0.1) is 5.11 Å². The molecule has 2 rings (SSSR count). The van der Waals surface area contributed by atoms with Crippen LogP contribution in [0.2, 0.25) is 0 Å². The molecule has 0 radical (unpaired) electrons. The molecular weight excluding hydrogens is 244 g/mol. The number of H-pyrrole nitrogens is 1. The molecule has 0 saturated carbocycles. The van der Waals surface area contributed by atoms with Gasteiger partial charge in [0.05, 0.1) is 12.9 Å². The molecule has 2 aromatic rings. The first-order valence-corrected chi connectivity index (χ1v) is 5.66. The number of primary amides is 1. The van der Waals surface area contributed by atoms with Gasteiger partial charge in [0.2, 0.25) is 5.82 Å². The number of nitrogens with zero attached hydrogens (tertiary/aromatic N) is 4. The van der Waals surface area contributed by atoms with E-state index in [0.717, 1.165) is 5.56 Å². The van der Waals surface area contributed by atoms with E-state index in [1.54, 1.807) is 12.1 Å². The molecule has 0 bridgehead atoms. The molecule has 0 aliphatic rings. The maximum absolute atomic E-state index is 11.1. The second kappa shape index (κ2) is 5.76. The van der Waals surface area contributed by atoms with E-state index in [-0.39, 0.29) is 11.5 Å². The third-order valence-electron chi connectivity index (χ3n) is 2.41. The second-order valence-electron chi connectivity index (χ2n) is 3.96. The standard InChI is InChI=1S/C12H14N6O/c1-18(7-9-5-3-2-4-6-9)17-16-12-10(11(13)19)14-8-15-12/h2-6,8H,7H2,1H3,(H2,13,19)(H,14,15)/b17-16+. The summed E-state index contributed by atoms with van der Waals surface area (Å²) < 4.78 is 0. The van der Waals surface area contributed by atoms with Crippen molar-refractivity contribution in [3.63, 3.8) is 0 Å². The minimum Gasteiger partial charge on any atom is -0.364 e. The Morgan fingerprint density at radius 3 is 2.84 bits per heavy atom. The Labute approximate surface area is 110 Å². The van der Waals surface area contributed by atoms with Crippen molar-refractivity contribution in [3.05, 3.63) is 47.9 Å². The molecule has 7 heteroatoms. The van der Waals surface area contributed by atoms with E-state index in [1.807, 2.05) is 30.3 Å². The number of amides is 1. The molecule has 1 amide bonds. The summed E-state index contributed by atoms with van der Waals surface area (Å²) in [5, 5.41) is 9.51. The lowest BCUT2D eigenvalue weighted by molar-refractivity contribution is 0.0996. The van der Waals surface area contributed by atoms with E-state index < -0.39 is 5.91 Å². The summed E-state index contributed by atoms with van der Waals surface area (Å²) in [6, 6.07) is 9.86. The van der Waals surface area contributed by atoms with Gasteiger partial charge in [0.25, 0.3) is 5.91 Å². The highest BCUT2D eigenvalue weighted by molar-refractivity contribution is 5.94. The minimum absolute atomic E-state index is 0.150. The smallest absolute Gasteiger partial charge is 0.269 e. The number of aromatic amines is 1. The third kappa shape index (κ3) is 3.38. The van der Waals surface area contributed by atoms with Crippen LogP contribution in [-0.2, 0) is 6.54 Å². The summed E-state index contributed by atoms with van der Waals surface area (Å²) in [5.41, 5.74) is 6.43. The first-order valence-electron chi connectivity index (χ1n) is 5.66. The van der Waals surface area contributed by atoms with E-state index in [9.17, 15) is 4.79 Å². The first-order chi connectivity index (χ1) is 9.16. The number of nitrogens with one attached hydrogen (secondary N) is 1. The van der Waals surface area contributed by atoms with Gasteiger partial charge in [-0.3, -0.25) is 9.80 Å². The fraction of sp³-hybridized carbons (Fsp3) is 0.167. The molecule has 0 atom stereocenters. The Morgan fingerprint density at radius 1 is 1.42 bits per heavy atom. The summed E-state index contributed by atoms with van der Waals surface area (Å²) >= 11 is 0. The fourth-order valence-electron chi connectivity index (χ4n) is 1.54. The van der Waals surface area contributed by atoms with E-state index >= 15 is 0 Å². The van der Waals surface area contributed by atoms with Crippen molar-refractivity contribution in [2.24, 2.45) is 16.1 Å². The van der Waals surface area contributed by atoms with Crippen LogP contribution in [0.4, 0.5) is 5.82 Å². The highest BCUT2D eigenvalue weighted by Gasteiger charge is 2.10. The molecule has 1 aromatic carbocycles. The fourth-order valence-corrected chi connectivity index (χ4v) is 1.54. The van der Waals surface area contributed by atoms with Gasteiger partial charge in [-0.25, -0.2) is 4.98 Å². The molecule has 0 spiro atoms. The number of carbonyl (C=O) groups excluding carboxylic acids is 1.